The van der Waals surface area contributed by atoms with Crippen LogP contribution < -0.4 is 4.90 Å². The highest BCUT2D eigenvalue weighted by molar-refractivity contribution is 6.14. The fraction of sp³-hybridized carbons (Fsp3) is 0. The van der Waals surface area contributed by atoms with E-state index in [4.69, 9.17) is 0 Å². The molecular formula is C58H40N2. The second-order valence-corrected chi connectivity index (χ2v) is 15.3. The largest absolute Gasteiger partial charge is 0.310 e. The van der Waals surface area contributed by atoms with Crippen LogP contribution in [0.15, 0.2) is 243 Å². The molecule has 0 saturated carbocycles. The Morgan fingerprint density at radius 1 is 0.317 bits per heavy atom. The fourth-order valence-electron chi connectivity index (χ4n) is 9.07. The number of hydrogen-bond acceptors (Lipinski definition) is 1. The summed E-state index contributed by atoms with van der Waals surface area (Å²) in [7, 11) is 0. The first-order chi connectivity index (χ1) is 29.8. The molecule has 0 amide bonds. The SMILES string of the molecule is c1ccc(-c2ccccc2-c2c(-c3ccccc3)cccc2N(c2ccc(-c3cccc4c5ccccc5n(-c5ccccc5)c34)cc2)c2ccc3ccccc3c2)cc1. The van der Waals surface area contributed by atoms with E-state index in [1.165, 1.54) is 71.5 Å². The molecule has 0 spiro atoms. The van der Waals surface area contributed by atoms with Crippen LogP contribution in [0.25, 0.3) is 82.8 Å². The van der Waals surface area contributed by atoms with Crippen molar-refractivity contribution in [1.82, 2.24) is 4.57 Å². The Labute approximate surface area is 350 Å². The Morgan fingerprint density at radius 2 is 0.850 bits per heavy atom. The number of aromatic nitrogens is 1. The van der Waals surface area contributed by atoms with Gasteiger partial charge in [-0.25, -0.2) is 0 Å². The third-order valence-corrected chi connectivity index (χ3v) is 11.8. The minimum atomic E-state index is 1.08. The zero-order valence-electron chi connectivity index (χ0n) is 33.0. The monoisotopic (exact) mass is 764 g/mol. The number of para-hydroxylation sites is 3. The van der Waals surface area contributed by atoms with Gasteiger partial charge in [0.2, 0.25) is 0 Å². The van der Waals surface area contributed by atoms with Gasteiger partial charge in [0, 0.05) is 39.0 Å². The van der Waals surface area contributed by atoms with Gasteiger partial charge in [0.25, 0.3) is 0 Å². The van der Waals surface area contributed by atoms with Gasteiger partial charge in [0.1, 0.15) is 0 Å². The van der Waals surface area contributed by atoms with Crippen LogP contribution in [0, 0.1) is 0 Å². The van der Waals surface area contributed by atoms with Crippen LogP contribution in [0.3, 0.4) is 0 Å². The summed E-state index contributed by atoms with van der Waals surface area (Å²) in [6.45, 7) is 0. The highest BCUT2D eigenvalue weighted by Crippen LogP contribution is 2.49. The first-order valence-electron chi connectivity index (χ1n) is 20.6. The maximum Gasteiger partial charge on any atom is 0.0619 e. The van der Waals surface area contributed by atoms with Crippen LogP contribution in [-0.2, 0) is 0 Å². The molecule has 0 atom stereocenters. The molecule has 0 radical (unpaired) electrons. The van der Waals surface area contributed by atoms with E-state index in [1.807, 2.05) is 0 Å². The average Bonchev–Trinajstić information content (AvgIpc) is 3.67. The van der Waals surface area contributed by atoms with Gasteiger partial charge >= 0.3 is 0 Å². The summed E-state index contributed by atoms with van der Waals surface area (Å²) in [6.07, 6.45) is 0. The van der Waals surface area contributed by atoms with Crippen LogP contribution in [0.4, 0.5) is 17.1 Å². The van der Waals surface area contributed by atoms with Crippen molar-refractivity contribution < 1.29 is 0 Å². The van der Waals surface area contributed by atoms with Crippen molar-refractivity contribution in [2.75, 3.05) is 4.90 Å². The van der Waals surface area contributed by atoms with Crippen LogP contribution in [0.1, 0.15) is 0 Å². The molecule has 2 heteroatoms. The predicted octanol–water partition coefficient (Wildman–Crippen LogP) is 16.1. The van der Waals surface area contributed by atoms with Crippen LogP contribution in [-0.4, -0.2) is 4.57 Å². The number of nitrogens with zero attached hydrogens (tertiary/aromatic N) is 2. The maximum atomic E-state index is 2.45. The number of anilines is 3. The Balaban J connectivity index is 1.15. The number of rotatable bonds is 8. The summed E-state index contributed by atoms with van der Waals surface area (Å²) in [5.41, 5.74) is 16.3. The van der Waals surface area contributed by atoms with Gasteiger partial charge < -0.3 is 9.47 Å². The highest BCUT2D eigenvalue weighted by Gasteiger charge is 2.23. The van der Waals surface area contributed by atoms with Crippen molar-refractivity contribution in [3.05, 3.63) is 243 Å². The van der Waals surface area contributed by atoms with Crippen molar-refractivity contribution in [2.45, 2.75) is 0 Å². The molecule has 0 N–H and O–H groups in total. The molecule has 0 fully saturated rings. The van der Waals surface area contributed by atoms with E-state index < -0.39 is 0 Å². The summed E-state index contributed by atoms with van der Waals surface area (Å²) in [4.78, 5) is 2.45. The Hall–Kier alpha value is -7.94. The lowest BCUT2D eigenvalue weighted by molar-refractivity contribution is 1.18. The van der Waals surface area contributed by atoms with E-state index in [0.717, 1.165) is 28.3 Å². The lowest BCUT2D eigenvalue weighted by Gasteiger charge is -2.30. The average molecular weight is 765 g/mol. The Bertz CT molecular complexity index is 3290. The van der Waals surface area contributed by atoms with E-state index in [9.17, 15) is 0 Å². The second kappa shape index (κ2) is 15.1. The first kappa shape index (κ1) is 35.2. The van der Waals surface area contributed by atoms with Gasteiger partial charge in [-0.3, -0.25) is 0 Å². The maximum absolute atomic E-state index is 2.45. The third-order valence-electron chi connectivity index (χ3n) is 11.8. The van der Waals surface area contributed by atoms with Gasteiger partial charge in [-0.05, 0) is 92.7 Å². The standard InChI is InChI=1S/C58H40N2/c1-4-19-42(20-5-1)49-26-12-13-28-53(49)57-50(43-21-6-2-7-22-43)29-17-33-56(57)59(48-39-34-41-18-10-11-23-45(41)40-48)47-37-35-44(36-38-47)51-30-16-31-54-52-27-14-15-32-55(52)60(58(51)54)46-24-8-3-9-25-46/h1-40H. The zero-order chi connectivity index (χ0) is 39.8. The summed E-state index contributed by atoms with van der Waals surface area (Å²) >= 11 is 0. The van der Waals surface area contributed by atoms with Crippen molar-refractivity contribution in [3.8, 4) is 50.2 Å². The van der Waals surface area contributed by atoms with Crippen molar-refractivity contribution >= 4 is 49.6 Å². The van der Waals surface area contributed by atoms with Gasteiger partial charge in [-0.1, -0.05) is 194 Å². The van der Waals surface area contributed by atoms with Crippen LogP contribution >= 0.6 is 0 Å². The normalized spacial score (nSPS) is 11.3. The van der Waals surface area contributed by atoms with Gasteiger partial charge in [0.05, 0.1) is 16.7 Å². The molecule has 282 valence electrons. The second-order valence-electron chi connectivity index (χ2n) is 15.3. The molecular weight excluding hydrogens is 725 g/mol. The number of hydrogen-bond donors (Lipinski definition) is 0. The number of benzene rings is 10. The molecule has 0 aliphatic carbocycles. The quantitative estimate of drug-likeness (QED) is 0.150. The van der Waals surface area contributed by atoms with Crippen molar-refractivity contribution in [2.24, 2.45) is 0 Å². The summed E-state index contributed by atoms with van der Waals surface area (Å²) in [5.74, 6) is 0. The lowest BCUT2D eigenvalue weighted by Crippen LogP contribution is -2.12. The molecule has 0 bridgehead atoms. The van der Waals surface area contributed by atoms with Gasteiger partial charge in [0.15, 0.2) is 0 Å². The van der Waals surface area contributed by atoms with E-state index in [2.05, 4.69) is 252 Å². The zero-order valence-corrected chi connectivity index (χ0v) is 33.0. The van der Waals surface area contributed by atoms with Crippen molar-refractivity contribution in [3.63, 3.8) is 0 Å². The van der Waals surface area contributed by atoms with E-state index in [-0.39, 0.29) is 0 Å². The minimum absolute atomic E-state index is 1.08. The molecule has 10 aromatic carbocycles. The third kappa shape index (κ3) is 6.14. The van der Waals surface area contributed by atoms with Gasteiger partial charge in [-0.15, -0.1) is 0 Å². The summed E-state index contributed by atoms with van der Waals surface area (Å²) < 4.78 is 2.42. The number of fused-ring (bicyclic) bond motifs is 4. The molecule has 1 heterocycles. The van der Waals surface area contributed by atoms with Crippen molar-refractivity contribution in [1.29, 1.82) is 0 Å². The van der Waals surface area contributed by atoms with Crippen LogP contribution in [0.2, 0.25) is 0 Å². The Kier molecular flexibility index (Phi) is 8.87. The molecule has 11 aromatic rings. The molecule has 2 nitrogen and oxygen atoms in total. The first-order valence-corrected chi connectivity index (χ1v) is 20.6. The lowest BCUT2D eigenvalue weighted by atomic mass is 9.87. The van der Waals surface area contributed by atoms with E-state index >= 15 is 0 Å². The molecule has 0 saturated heterocycles. The summed E-state index contributed by atoms with van der Waals surface area (Å²) in [5, 5.41) is 4.90. The molecule has 1 aromatic heterocycles. The van der Waals surface area contributed by atoms with Crippen LogP contribution in [0.5, 0.6) is 0 Å². The minimum Gasteiger partial charge on any atom is -0.310 e. The van der Waals surface area contributed by atoms with Gasteiger partial charge in [-0.2, -0.15) is 0 Å². The highest BCUT2D eigenvalue weighted by atomic mass is 15.1. The van der Waals surface area contributed by atoms with E-state index in [0.29, 0.717) is 0 Å². The van der Waals surface area contributed by atoms with E-state index in [1.54, 1.807) is 0 Å². The molecule has 60 heavy (non-hydrogen) atoms. The molecule has 11 rings (SSSR count). The predicted molar refractivity (Wildman–Crippen MR) is 255 cm³/mol. The molecule has 0 unspecified atom stereocenters. The molecule has 0 aliphatic rings. The molecule has 0 aliphatic heterocycles. The Morgan fingerprint density at radius 3 is 1.62 bits per heavy atom. The smallest absolute Gasteiger partial charge is 0.0619 e. The fourth-order valence-corrected chi connectivity index (χ4v) is 9.07. The topological polar surface area (TPSA) is 8.17 Å². The summed E-state index contributed by atoms with van der Waals surface area (Å²) in [6, 6.07) is 87.9.